The Hall–Kier alpha value is -0.930. The summed E-state index contributed by atoms with van der Waals surface area (Å²) in [6.07, 6.45) is 5.01. The number of hydrogen-bond acceptors (Lipinski definition) is 3. The Morgan fingerprint density at radius 3 is 2.41 bits per heavy atom. The lowest BCUT2D eigenvalue weighted by molar-refractivity contribution is 0.0963. The van der Waals surface area contributed by atoms with Gasteiger partial charge in [0.25, 0.3) is 0 Å². The molecule has 1 aliphatic heterocycles. The standard InChI is InChI=1S/C14H23N3/c1-3-13(2)17-10-8-16(9-11-17)12-14-4-6-15-7-5-14/h4-7,13H,3,8-12H2,1-2H3/t13-/m1/s1. The van der Waals surface area contributed by atoms with Crippen LogP contribution in [0.2, 0.25) is 0 Å². The molecule has 0 aromatic carbocycles. The molecule has 1 aliphatic rings. The Bertz CT molecular complexity index is 317. The minimum Gasteiger partial charge on any atom is -0.298 e. The van der Waals surface area contributed by atoms with E-state index in [1.54, 1.807) is 0 Å². The van der Waals surface area contributed by atoms with E-state index < -0.39 is 0 Å². The lowest BCUT2D eigenvalue weighted by Gasteiger charge is -2.37. The SMILES string of the molecule is CC[C@@H](C)N1CCN(Cc2ccncc2)CC1. The van der Waals surface area contributed by atoms with Crippen molar-refractivity contribution in [2.45, 2.75) is 32.9 Å². The van der Waals surface area contributed by atoms with Crippen molar-refractivity contribution in [1.29, 1.82) is 0 Å². The van der Waals surface area contributed by atoms with Crippen molar-refractivity contribution in [3.8, 4) is 0 Å². The van der Waals surface area contributed by atoms with Gasteiger partial charge in [0.05, 0.1) is 0 Å². The van der Waals surface area contributed by atoms with Crippen LogP contribution in [0, 0.1) is 0 Å². The highest BCUT2D eigenvalue weighted by Crippen LogP contribution is 2.11. The van der Waals surface area contributed by atoms with Gasteiger partial charge in [0.1, 0.15) is 0 Å². The van der Waals surface area contributed by atoms with E-state index in [1.165, 1.54) is 38.2 Å². The molecule has 0 saturated carbocycles. The lowest BCUT2D eigenvalue weighted by Crippen LogP contribution is -2.48. The van der Waals surface area contributed by atoms with E-state index in [-0.39, 0.29) is 0 Å². The summed E-state index contributed by atoms with van der Waals surface area (Å²) in [5.41, 5.74) is 1.37. The van der Waals surface area contributed by atoms with Gasteiger partial charge in [-0.15, -0.1) is 0 Å². The van der Waals surface area contributed by atoms with Gasteiger partial charge in [-0.3, -0.25) is 14.8 Å². The molecule has 0 aliphatic carbocycles. The molecule has 0 N–H and O–H groups in total. The molecule has 0 bridgehead atoms. The maximum atomic E-state index is 4.06. The van der Waals surface area contributed by atoms with E-state index in [0.717, 1.165) is 12.6 Å². The van der Waals surface area contributed by atoms with Crippen molar-refractivity contribution in [1.82, 2.24) is 14.8 Å². The first-order valence-electron chi connectivity index (χ1n) is 6.65. The summed E-state index contributed by atoms with van der Waals surface area (Å²) in [6.45, 7) is 10.5. The van der Waals surface area contributed by atoms with Crippen LogP contribution in [0.5, 0.6) is 0 Å². The number of pyridine rings is 1. The predicted molar refractivity (Wildman–Crippen MR) is 70.8 cm³/mol. The average molecular weight is 233 g/mol. The molecule has 2 rings (SSSR count). The Morgan fingerprint density at radius 1 is 1.18 bits per heavy atom. The summed E-state index contributed by atoms with van der Waals surface area (Å²) in [5, 5.41) is 0. The van der Waals surface area contributed by atoms with Crippen molar-refractivity contribution in [3.05, 3.63) is 30.1 Å². The second-order valence-electron chi connectivity index (χ2n) is 4.92. The van der Waals surface area contributed by atoms with E-state index >= 15 is 0 Å². The zero-order chi connectivity index (χ0) is 12.1. The van der Waals surface area contributed by atoms with Crippen LogP contribution in [0.15, 0.2) is 24.5 Å². The monoisotopic (exact) mass is 233 g/mol. The number of piperazine rings is 1. The topological polar surface area (TPSA) is 19.4 Å². The molecule has 3 heteroatoms. The first-order valence-corrected chi connectivity index (χ1v) is 6.65. The molecule has 0 unspecified atom stereocenters. The molecule has 17 heavy (non-hydrogen) atoms. The van der Waals surface area contributed by atoms with Crippen molar-refractivity contribution in [2.24, 2.45) is 0 Å². The second-order valence-corrected chi connectivity index (χ2v) is 4.92. The van der Waals surface area contributed by atoms with Crippen LogP contribution < -0.4 is 0 Å². The summed E-state index contributed by atoms with van der Waals surface area (Å²) >= 11 is 0. The highest BCUT2D eigenvalue weighted by molar-refractivity contribution is 5.09. The molecule has 1 fully saturated rings. The van der Waals surface area contributed by atoms with Gasteiger partial charge < -0.3 is 0 Å². The normalized spacial score (nSPS) is 20.4. The summed E-state index contributed by atoms with van der Waals surface area (Å²) in [7, 11) is 0. The van der Waals surface area contributed by atoms with Crippen molar-refractivity contribution in [3.63, 3.8) is 0 Å². The minimum atomic E-state index is 0.734. The van der Waals surface area contributed by atoms with Gasteiger partial charge in [-0.25, -0.2) is 0 Å². The zero-order valence-electron chi connectivity index (χ0n) is 11.0. The minimum absolute atomic E-state index is 0.734. The second kappa shape index (κ2) is 6.12. The fourth-order valence-corrected chi connectivity index (χ4v) is 2.37. The van der Waals surface area contributed by atoms with Gasteiger partial charge in [-0.2, -0.15) is 0 Å². The molecule has 1 aromatic heterocycles. The fourth-order valence-electron chi connectivity index (χ4n) is 2.37. The summed E-state index contributed by atoms with van der Waals surface area (Å²) in [4.78, 5) is 9.19. The largest absolute Gasteiger partial charge is 0.298 e. The van der Waals surface area contributed by atoms with Gasteiger partial charge in [0.15, 0.2) is 0 Å². The number of nitrogens with zero attached hydrogens (tertiary/aromatic N) is 3. The number of hydrogen-bond donors (Lipinski definition) is 0. The lowest BCUT2D eigenvalue weighted by atomic mass is 10.1. The van der Waals surface area contributed by atoms with Crippen LogP contribution in [0.4, 0.5) is 0 Å². The molecule has 1 saturated heterocycles. The predicted octanol–water partition coefficient (Wildman–Crippen LogP) is 2.00. The summed E-state index contributed by atoms with van der Waals surface area (Å²) in [6, 6.07) is 4.96. The molecule has 0 spiro atoms. The maximum Gasteiger partial charge on any atom is 0.0271 e. The van der Waals surface area contributed by atoms with E-state index in [0.29, 0.717) is 0 Å². The molecule has 1 atom stereocenters. The zero-order valence-corrected chi connectivity index (χ0v) is 11.0. The Labute approximate surface area is 104 Å². The smallest absolute Gasteiger partial charge is 0.0271 e. The first-order chi connectivity index (χ1) is 8.29. The van der Waals surface area contributed by atoms with Gasteiger partial charge >= 0.3 is 0 Å². The molecule has 1 aromatic rings. The van der Waals surface area contributed by atoms with Crippen LogP contribution in [-0.4, -0.2) is 47.0 Å². The molecule has 0 radical (unpaired) electrons. The third kappa shape index (κ3) is 3.51. The quantitative estimate of drug-likeness (QED) is 0.793. The van der Waals surface area contributed by atoms with E-state index in [1.807, 2.05) is 12.4 Å². The van der Waals surface area contributed by atoms with Gasteiger partial charge in [0.2, 0.25) is 0 Å². The molecule has 2 heterocycles. The highest BCUT2D eigenvalue weighted by Gasteiger charge is 2.19. The van der Waals surface area contributed by atoms with Gasteiger partial charge in [-0.1, -0.05) is 6.92 Å². The molecule has 0 amide bonds. The van der Waals surface area contributed by atoms with Crippen LogP contribution in [0.3, 0.4) is 0 Å². The number of rotatable bonds is 4. The van der Waals surface area contributed by atoms with Crippen molar-refractivity contribution in [2.75, 3.05) is 26.2 Å². The fraction of sp³-hybridized carbons (Fsp3) is 0.643. The van der Waals surface area contributed by atoms with Crippen LogP contribution in [0.1, 0.15) is 25.8 Å². The Kier molecular flexibility index (Phi) is 4.51. The maximum absolute atomic E-state index is 4.06. The summed E-state index contributed by atoms with van der Waals surface area (Å²) < 4.78 is 0. The Morgan fingerprint density at radius 2 is 1.82 bits per heavy atom. The first kappa shape index (κ1) is 12.5. The molecule has 3 nitrogen and oxygen atoms in total. The summed E-state index contributed by atoms with van der Waals surface area (Å²) in [5.74, 6) is 0. The van der Waals surface area contributed by atoms with Crippen LogP contribution in [0.25, 0.3) is 0 Å². The van der Waals surface area contributed by atoms with Gasteiger partial charge in [-0.05, 0) is 31.0 Å². The number of aromatic nitrogens is 1. The molecular formula is C14H23N3. The van der Waals surface area contributed by atoms with Gasteiger partial charge in [0, 0.05) is 51.2 Å². The van der Waals surface area contributed by atoms with Crippen LogP contribution >= 0.6 is 0 Å². The van der Waals surface area contributed by atoms with Crippen LogP contribution in [-0.2, 0) is 6.54 Å². The van der Waals surface area contributed by atoms with E-state index in [2.05, 4.69) is 40.8 Å². The third-order valence-corrected chi connectivity index (χ3v) is 3.78. The molecular weight excluding hydrogens is 210 g/mol. The van der Waals surface area contributed by atoms with Crippen molar-refractivity contribution < 1.29 is 0 Å². The van der Waals surface area contributed by atoms with Crippen molar-refractivity contribution >= 4 is 0 Å². The highest BCUT2D eigenvalue weighted by atomic mass is 15.3. The third-order valence-electron chi connectivity index (χ3n) is 3.78. The average Bonchev–Trinajstić information content (AvgIpc) is 2.40. The van der Waals surface area contributed by atoms with E-state index in [4.69, 9.17) is 0 Å². The molecule has 94 valence electrons. The Balaban J connectivity index is 1.80. The van der Waals surface area contributed by atoms with E-state index in [9.17, 15) is 0 Å².